The number of aromatic nitrogens is 2. The lowest BCUT2D eigenvalue weighted by atomic mass is 10.3. The number of aromatic amines is 1. The second kappa shape index (κ2) is 3.90. The predicted octanol–water partition coefficient (Wildman–Crippen LogP) is 2.00. The summed E-state index contributed by atoms with van der Waals surface area (Å²) < 4.78 is 5.51. The first-order valence-electron chi connectivity index (χ1n) is 5.09. The summed E-state index contributed by atoms with van der Waals surface area (Å²) in [6, 6.07) is 3.76. The average Bonchev–Trinajstić information content (AvgIpc) is 2.83. The first kappa shape index (κ1) is 9.98. The molecule has 2 rings (SSSR count). The molecule has 80 valence electrons. The Kier molecular flexibility index (Phi) is 2.60. The summed E-state index contributed by atoms with van der Waals surface area (Å²) in [6.07, 6.45) is 0.923. The van der Waals surface area contributed by atoms with Crippen LogP contribution in [0.5, 0.6) is 0 Å². The Labute approximate surface area is 88.5 Å². The van der Waals surface area contributed by atoms with Crippen LogP contribution in [-0.4, -0.2) is 9.97 Å². The van der Waals surface area contributed by atoms with Gasteiger partial charge in [-0.1, -0.05) is 6.92 Å². The van der Waals surface area contributed by atoms with E-state index in [0.717, 1.165) is 35.2 Å². The van der Waals surface area contributed by atoms with Crippen molar-refractivity contribution in [1.29, 1.82) is 0 Å². The summed E-state index contributed by atoms with van der Waals surface area (Å²) in [5, 5.41) is 0. The highest BCUT2D eigenvalue weighted by Crippen LogP contribution is 2.20. The Morgan fingerprint density at radius 2 is 2.27 bits per heavy atom. The van der Waals surface area contributed by atoms with E-state index in [1.54, 1.807) is 0 Å². The minimum atomic E-state index is 0.417. The van der Waals surface area contributed by atoms with Gasteiger partial charge in [-0.05, 0) is 25.5 Å². The van der Waals surface area contributed by atoms with Crippen molar-refractivity contribution >= 4 is 0 Å². The molecule has 0 fully saturated rings. The number of nitrogens with two attached hydrogens (primary N) is 1. The standard InChI is InChI=1S/C11H15N3O/c1-3-9-7(2)13-11(14-9)10-5-4-8(6-12)15-10/h4-5H,3,6,12H2,1-2H3,(H,13,14). The number of furan rings is 1. The van der Waals surface area contributed by atoms with E-state index in [9.17, 15) is 0 Å². The largest absolute Gasteiger partial charge is 0.456 e. The number of aryl methyl sites for hydroxylation is 2. The number of hydrogen-bond acceptors (Lipinski definition) is 3. The molecule has 2 aromatic heterocycles. The topological polar surface area (TPSA) is 67.8 Å². The van der Waals surface area contributed by atoms with Gasteiger partial charge in [0.05, 0.1) is 12.2 Å². The van der Waals surface area contributed by atoms with Gasteiger partial charge in [0.15, 0.2) is 11.6 Å². The summed E-state index contributed by atoms with van der Waals surface area (Å²) in [6.45, 7) is 4.52. The summed E-state index contributed by atoms with van der Waals surface area (Å²) in [5.74, 6) is 2.31. The lowest BCUT2D eigenvalue weighted by molar-refractivity contribution is 0.522. The first-order chi connectivity index (χ1) is 7.24. The SMILES string of the molecule is CCc1nc(-c2ccc(CN)o2)[nH]c1C. The van der Waals surface area contributed by atoms with Crippen molar-refractivity contribution in [2.45, 2.75) is 26.8 Å². The lowest BCUT2D eigenvalue weighted by Gasteiger charge is -1.90. The molecule has 3 N–H and O–H groups in total. The van der Waals surface area contributed by atoms with Crippen LogP contribution in [0.15, 0.2) is 16.5 Å². The van der Waals surface area contributed by atoms with Crippen LogP contribution in [0.1, 0.15) is 24.1 Å². The molecule has 0 aliphatic carbocycles. The van der Waals surface area contributed by atoms with E-state index in [1.165, 1.54) is 0 Å². The number of nitrogens with one attached hydrogen (secondary N) is 1. The Hall–Kier alpha value is -1.55. The zero-order chi connectivity index (χ0) is 10.8. The second-order valence-corrected chi connectivity index (χ2v) is 3.48. The van der Waals surface area contributed by atoms with Gasteiger partial charge in [0.1, 0.15) is 5.76 Å². The van der Waals surface area contributed by atoms with Gasteiger partial charge in [0.25, 0.3) is 0 Å². The van der Waals surface area contributed by atoms with E-state index in [1.807, 2.05) is 19.1 Å². The Bertz CT molecular complexity index is 456. The molecule has 0 unspecified atom stereocenters. The minimum Gasteiger partial charge on any atom is -0.456 e. The van der Waals surface area contributed by atoms with E-state index < -0.39 is 0 Å². The Morgan fingerprint density at radius 3 is 2.80 bits per heavy atom. The molecule has 0 saturated carbocycles. The number of hydrogen-bond donors (Lipinski definition) is 2. The number of H-pyrrole nitrogens is 1. The maximum Gasteiger partial charge on any atom is 0.173 e. The zero-order valence-electron chi connectivity index (χ0n) is 9.00. The van der Waals surface area contributed by atoms with E-state index in [0.29, 0.717) is 6.54 Å². The molecule has 15 heavy (non-hydrogen) atoms. The van der Waals surface area contributed by atoms with Crippen LogP contribution < -0.4 is 5.73 Å². The van der Waals surface area contributed by atoms with Crippen LogP contribution in [0.3, 0.4) is 0 Å². The highest BCUT2D eigenvalue weighted by molar-refractivity contribution is 5.48. The molecule has 0 aliphatic rings. The molecule has 0 atom stereocenters. The van der Waals surface area contributed by atoms with E-state index >= 15 is 0 Å². The zero-order valence-corrected chi connectivity index (χ0v) is 9.00. The van der Waals surface area contributed by atoms with Gasteiger partial charge in [-0.25, -0.2) is 4.98 Å². The quantitative estimate of drug-likeness (QED) is 0.805. The molecule has 0 amide bonds. The summed E-state index contributed by atoms with van der Waals surface area (Å²) in [4.78, 5) is 7.66. The number of nitrogens with zero attached hydrogens (tertiary/aromatic N) is 1. The van der Waals surface area contributed by atoms with Gasteiger partial charge >= 0.3 is 0 Å². The molecular formula is C11H15N3O. The predicted molar refractivity (Wildman–Crippen MR) is 58.3 cm³/mol. The molecule has 0 saturated heterocycles. The maximum absolute atomic E-state index is 5.51. The molecule has 4 heteroatoms. The average molecular weight is 205 g/mol. The van der Waals surface area contributed by atoms with Crippen LogP contribution in [-0.2, 0) is 13.0 Å². The molecule has 0 bridgehead atoms. The van der Waals surface area contributed by atoms with Crippen LogP contribution in [0.4, 0.5) is 0 Å². The van der Waals surface area contributed by atoms with Crippen molar-refractivity contribution in [3.8, 4) is 11.6 Å². The van der Waals surface area contributed by atoms with Gasteiger partial charge in [0.2, 0.25) is 0 Å². The smallest absolute Gasteiger partial charge is 0.173 e. The number of imidazole rings is 1. The van der Waals surface area contributed by atoms with Gasteiger partial charge < -0.3 is 15.1 Å². The fourth-order valence-corrected chi connectivity index (χ4v) is 1.57. The van der Waals surface area contributed by atoms with Crippen molar-refractivity contribution in [3.63, 3.8) is 0 Å². The summed E-state index contributed by atoms with van der Waals surface area (Å²) in [5.41, 5.74) is 7.65. The maximum atomic E-state index is 5.51. The van der Waals surface area contributed by atoms with Gasteiger partial charge in [-0.2, -0.15) is 0 Å². The minimum absolute atomic E-state index is 0.417. The summed E-state index contributed by atoms with van der Waals surface area (Å²) in [7, 11) is 0. The molecule has 0 spiro atoms. The van der Waals surface area contributed by atoms with Gasteiger partial charge in [-0.15, -0.1) is 0 Å². The van der Waals surface area contributed by atoms with Crippen molar-refractivity contribution in [2.24, 2.45) is 5.73 Å². The third kappa shape index (κ3) is 1.80. The fourth-order valence-electron chi connectivity index (χ4n) is 1.57. The molecule has 2 heterocycles. The third-order valence-electron chi connectivity index (χ3n) is 2.42. The van der Waals surface area contributed by atoms with Crippen LogP contribution >= 0.6 is 0 Å². The normalized spacial score (nSPS) is 10.9. The fraction of sp³-hybridized carbons (Fsp3) is 0.364. The Morgan fingerprint density at radius 1 is 1.47 bits per heavy atom. The monoisotopic (exact) mass is 205 g/mol. The van der Waals surface area contributed by atoms with E-state index in [2.05, 4.69) is 16.9 Å². The van der Waals surface area contributed by atoms with Crippen molar-refractivity contribution in [1.82, 2.24) is 9.97 Å². The molecule has 0 aliphatic heterocycles. The van der Waals surface area contributed by atoms with Gasteiger partial charge in [-0.3, -0.25) is 0 Å². The van der Waals surface area contributed by atoms with Gasteiger partial charge in [0, 0.05) is 5.69 Å². The highest BCUT2D eigenvalue weighted by atomic mass is 16.3. The van der Waals surface area contributed by atoms with Crippen LogP contribution in [0.25, 0.3) is 11.6 Å². The number of rotatable bonds is 3. The molecular weight excluding hydrogens is 190 g/mol. The molecule has 2 aromatic rings. The van der Waals surface area contributed by atoms with E-state index in [4.69, 9.17) is 10.2 Å². The Balaban J connectivity index is 2.36. The van der Waals surface area contributed by atoms with Crippen molar-refractivity contribution in [3.05, 3.63) is 29.3 Å². The van der Waals surface area contributed by atoms with Crippen LogP contribution in [0, 0.1) is 6.92 Å². The molecule has 0 aromatic carbocycles. The summed E-state index contributed by atoms with van der Waals surface area (Å²) >= 11 is 0. The van der Waals surface area contributed by atoms with E-state index in [-0.39, 0.29) is 0 Å². The van der Waals surface area contributed by atoms with Crippen LogP contribution in [0.2, 0.25) is 0 Å². The van der Waals surface area contributed by atoms with Crippen molar-refractivity contribution < 1.29 is 4.42 Å². The first-order valence-corrected chi connectivity index (χ1v) is 5.09. The third-order valence-corrected chi connectivity index (χ3v) is 2.42. The highest BCUT2D eigenvalue weighted by Gasteiger charge is 2.10. The molecule has 0 radical (unpaired) electrons. The molecule has 4 nitrogen and oxygen atoms in total. The van der Waals surface area contributed by atoms with Crippen molar-refractivity contribution in [2.75, 3.05) is 0 Å². The lowest BCUT2D eigenvalue weighted by Crippen LogP contribution is -1.92. The second-order valence-electron chi connectivity index (χ2n) is 3.48.